The van der Waals surface area contributed by atoms with Gasteiger partial charge in [-0.25, -0.2) is 0 Å². The van der Waals surface area contributed by atoms with Gasteiger partial charge in [-0.05, 0) is 13.8 Å². The van der Waals surface area contributed by atoms with E-state index in [-0.39, 0.29) is 17.5 Å². The van der Waals surface area contributed by atoms with E-state index in [4.69, 9.17) is 0 Å². The van der Waals surface area contributed by atoms with Gasteiger partial charge in [0, 0.05) is 0 Å². The highest BCUT2D eigenvalue weighted by Gasteiger charge is 2.13. The standard InChI is InChI=1S/C7H12O3S/c1-3-10-7(9)4-6(8)5(2)11/h5,11H,3-4H2,1-2H3. The lowest BCUT2D eigenvalue weighted by Crippen LogP contribution is -2.17. The smallest absolute Gasteiger partial charge is 0.313 e. The van der Waals surface area contributed by atoms with E-state index in [9.17, 15) is 9.59 Å². The van der Waals surface area contributed by atoms with Crippen molar-refractivity contribution in [2.45, 2.75) is 25.5 Å². The number of esters is 1. The fraction of sp³-hybridized carbons (Fsp3) is 0.714. The van der Waals surface area contributed by atoms with E-state index >= 15 is 0 Å². The molecule has 0 aromatic carbocycles. The molecule has 11 heavy (non-hydrogen) atoms. The number of carbonyl (C=O) groups is 2. The first-order chi connectivity index (χ1) is 5.07. The quantitative estimate of drug-likeness (QED) is 0.392. The van der Waals surface area contributed by atoms with Crippen molar-refractivity contribution in [3.63, 3.8) is 0 Å². The second-order valence-corrected chi connectivity index (χ2v) is 2.90. The number of hydrogen-bond acceptors (Lipinski definition) is 4. The lowest BCUT2D eigenvalue weighted by atomic mass is 10.2. The number of Topliss-reactive ketones (excluding diaryl/α,β-unsaturated/α-hetero) is 1. The number of hydrogen-bond donors (Lipinski definition) is 1. The van der Waals surface area contributed by atoms with Gasteiger partial charge in [0.15, 0.2) is 5.78 Å². The summed E-state index contributed by atoms with van der Waals surface area (Å²) >= 11 is 3.88. The van der Waals surface area contributed by atoms with Gasteiger partial charge in [0.05, 0.1) is 11.9 Å². The molecule has 3 nitrogen and oxygen atoms in total. The average molecular weight is 176 g/mol. The van der Waals surface area contributed by atoms with Crippen LogP contribution in [0.1, 0.15) is 20.3 Å². The van der Waals surface area contributed by atoms with E-state index in [1.54, 1.807) is 13.8 Å². The lowest BCUT2D eigenvalue weighted by molar-refractivity contribution is -0.145. The van der Waals surface area contributed by atoms with Crippen LogP contribution in [0.2, 0.25) is 0 Å². The van der Waals surface area contributed by atoms with Crippen molar-refractivity contribution in [3.8, 4) is 0 Å². The van der Waals surface area contributed by atoms with Gasteiger partial charge in [-0.2, -0.15) is 12.6 Å². The van der Waals surface area contributed by atoms with Crippen molar-refractivity contribution < 1.29 is 14.3 Å². The zero-order valence-electron chi connectivity index (χ0n) is 6.66. The lowest BCUT2D eigenvalue weighted by Gasteiger charge is -2.02. The van der Waals surface area contributed by atoms with Crippen molar-refractivity contribution in [1.29, 1.82) is 0 Å². The van der Waals surface area contributed by atoms with Crippen molar-refractivity contribution in [3.05, 3.63) is 0 Å². The van der Waals surface area contributed by atoms with Gasteiger partial charge in [0.25, 0.3) is 0 Å². The SMILES string of the molecule is CCOC(=O)CC(=O)C(C)S. The Balaban J connectivity index is 3.67. The molecule has 0 fully saturated rings. The van der Waals surface area contributed by atoms with Crippen LogP contribution in [-0.4, -0.2) is 23.6 Å². The molecule has 0 aliphatic rings. The Morgan fingerprint density at radius 2 is 2.09 bits per heavy atom. The largest absolute Gasteiger partial charge is 0.466 e. The predicted octanol–water partition coefficient (Wildman–Crippen LogP) is 0.827. The molecular weight excluding hydrogens is 164 g/mol. The predicted molar refractivity (Wildman–Crippen MR) is 44.7 cm³/mol. The Morgan fingerprint density at radius 3 is 2.45 bits per heavy atom. The second kappa shape index (κ2) is 5.18. The maximum Gasteiger partial charge on any atom is 0.313 e. The maximum atomic E-state index is 10.9. The summed E-state index contributed by atoms with van der Waals surface area (Å²) in [5.41, 5.74) is 0. The van der Waals surface area contributed by atoms with Gasteiger partial charge in [-0.1, -0.05) is 0 Å². The summed E-state index contributed by atoms with van der Waals surface area (Å²) in [4.78, 5) is 21.5. The molecule has 0 N–H and O–H groups in total. The number of ether oxygens (including phenoxy) is 1. The molecule has 0 radical (unpaired) electrons. The van der Waals surface area contributed by atoms with Gasteiger partial charge < -0.3 is 4.74 Å². The molecule has 0 saturated carbocycles. The molecule has 0 aromatic heterocycles. The summed E-state index contributed by atoms with van der Waals surface area (Å²) in [6.07, 6.45) is -0.168. The Bertz CT molecular complexity index is 154. The molecule has 0 heterocycles. The summed E-state index contributed by atoms with van der Waals surface area (Å²) in [5.74, 6) is -0.676. The van der Waals surface area contributed by atoms with Gasteiger partial charge in [-0.3, -0.25) is 9.59 Å². The van der Waals surface area contributed by atoms with E-state index in [0.29, 0.717) is 6.61 Å². The number of carbonyl (C=O) groups excluding carboxylic acids is 2. The fourth-order valence-corrected chi connectivity index (χ4v) is 0.593. The van der Waals surface area contributed by atoms with Crippen LogP contribution < -0.4 is 0 Å². The third-order valence-corrected chi connectivity index (χ3v) is 1.38. The second-order valence-electron chi connectivity index (χ2n) is 2.12. The molecule has 0 bridgehead atoms. The average Bonchev–Trinajstić information content (AvgIpc) is 1.87. The molecular formula is C7H12O3S. The zero-order chi connectivity index (χ0) is 8.85. The van der Waals surface area contributed by atoms with Crippen LogP contribution >= 0.6 is 12.6 Å². The molecule has 4 heteroatoms. The van der Waals surface area contributed by atoms with Crippen LogP contribution in [0.5, 0.6) is 0 Å². The van der Waals surface area contributed by atoms with E-state index in [2.05, 4.69) is 17.4 Å². The molecule has 0 saturated heterocycles. The summed E-state index contributed by atoms with van der Waals surface area (Å²) in [5, 5.41) is -0.389. The van der Waals surface area contributed by atoms with Gasteiger partial charge >= 0.3 is 5.97 Å². The van der Waals surface area contributed by atoms with Crippen molar-refractivity contribution >= 4 is 24.4 Å². The Kier molecular flexibility index (Phi) is 4.94. The highest BCUT2D eigenvalue weighted by Crippen LogP contribution is 1.99. The molecule has 0 amide bonds. The van der Waals surface area contributed by atoms with E-state index in [1.165, 1.54) is 0 Å². The molecule has 0 rings (SSSR count). The zero-order valence-corrected chi connectivity index (χ0v) is 7.56. The Hall–Kier alpha value is -0.510. The topological polar surface area (TPSA) is 43.4 Å². The minimum atomic E-state index is -0.474. The fourth-order valence-electron chi connectivity index (χ4n) is 0.502. The normalized spacial score (nSPS) is 12.3. The van der Waals surface area contributed by atoms with Crippen molar-refractivity contribution in [1.82, 2.24) is 0 Å². The molecule has 0 spiro atoms. The number of ketones is 1. The molecule has 64 valence electrons. The highest BCUT2D eigenvalue weighted by molar-refractivity contribution is 7.81. The third-order valence-electron chi connectivity index (χ3n) is 1.09. The first-order valence-corrected chi connectivity index (χ1v) is 3.96. The van der Waals surface area contributed by atoms with Crippen LogP contribution in [0.3, 0.4) is 0 Å². The molecule has 1 atom stereocenters. The van der Waals surface area contributed by atoms with E-state index in [1.807, 2.05) is 0 Å². The minimum Gasteiger partial charge on any atom is -0.466 e. The Labute approximate surface area is 71.5 Å². The van der Waals surface area contributed by atoms with Gasteiger partial charge in [-0.15, -0.1) is 0 Å². The summed E-state index contributed by atoms with van der Waals surface area (Å²) in [7, 11) is 0. The third kappa shape index (κ3) is 4.84. The molecule has 0 aliphatic carbocycles. The van der Waals surface area contributed by atoms with Gasteiger partial charge in [0.1, 0.15) is 6.42 Å². The van der Waals surface area contributed by atoms with Crippen LogP contribution in [0, 0.1) is 0 Å². The summed E-state index contributed by atoms with van der Waals surface area (Å²) in [6, 6.07) is 0. The molecule has 1 unspecified atom stereocenters. The maximum absolute atomic E-state index is 10.9. The summed E-state index contributed by atoms with van der Waals surface area (Å²) < 4.78 is 4.57. The van der Waals surface area contributed by atoms with E-state index < -0.39 is 5.97 Å². The highest BCUT2D eigenvalue weighted by atomic mass is 32.1. The summed E-state index contributed by atoms with van der Waals surface area (Å²) in [6.45, 7) is 3.64. The Morgan fingerprint density at radius 1 is 1.55 bits per heavy atom. The van der Waals surface area contributed by atoms with Crippen molar-refractivity contribution in [2.75, 3.05) is 6.61 Å². The van der Waals surface area contributed by atoms with E-state index in [0.717, 1.165) is 0 Å². The number of rotatable bonds is 4. The van der Waals surface area contributed by atoms with Crippen LogP contribution in [-0.2, 0) is 14.3 Å². The van der Waals surface area contributed by atoms with Crippen LogP contribution in [0.4, 0.5) is 0 Å². The minimum absolute atomic E-state index is 0.168. The van der Waals surface area contributed by atoms with Crippen LogP contribution in [0.15, 0.2) is 0 Å². The molecule has 0 aromatic rings. The van der Waals surface area contributed by atoms with Gasteiger partial charge in [0.2, 0.25) is 0 Å². The molecule has 0 aliphatic heterocycles. The number of thiol groups is 1. The monoisotopic (exact) mass is 176 g/mol. The first kappa shape index (κ1) is 10.5. The van der Waals surface area contributed by atoms with Crippen molar-refractivity contribution in [2.24, 2.45) is 0 Å². The van der Waals surface area contributed by atoms with Crippen LogP contribution in [0.25, 0.3) is 0 Å². The first-order valence-electron chi connectivity index (χ1n) is 3.44.